The highest BCUT2D eigenvalue weighted by Gasteiger charge is 2.19. The van der Waals surface area contributed by atoms with Crippen molar-refractivity contribution in [3.8, 4) is 0 Å². The van der Waals surface area contributed by atoms with Crippen LogP contribution in [0.4, 0.5) is 0 Å². The normalized spacial score (nSPS) is 23.1. The molecular weight excluding hydrogens is 252 g/mol. The maximum atomic E-state index is 9.94. The lowest BCUT2D eigenvalue weighted by Gasteiger charge is -2.19. The van der Waals surface area contributed by atoms with E-state index in [0.29, 0.717) is 25.1 Å². The van der Waals surface area contributed by atoms with E-state index < -0.39 is 0 Å². The van der Waals surface area contributed by atoms with Gasteiger partial charge >= 0.3 is 0 Å². The fraction of sp³-hybridized carbons (Fsp3) is 1.00. The van der Waals surface area contributed by atoms with Gasteiger partial charge in [0.05, 0.1) is 12.7 Å². The molecule has 0 amide bonds. The number of aliphatic hydroxyl groups is 1. The summed E-state index contributed by atoms with van der Waals surface area (Å²) < 4.78 is 5.68. The Bertz CT molecular complexity index is 239. The minimum Gasteiger partial charge on any atom is -0.389 e. The van der Waals surface area contributed by atoms with Gasteiger partial charge in [-0.15, -0.1) is 0 Å². The summed E-state index contributed by atoms with van der Waals surface area (Å²) in [7, 11) is 2.14. The van der Waals surface area contributed by atoms with Gasteiger partial charge in [0.2, 0.25) is 0 Å². The molecule has 3 atom stereocenters. The minimum absolute atomic E-state index is 0.385. The molecule has 0 bridgehead atoms. The molecule has 0 spiro atoms. The summed E-state index contributed by atoms with van der Waals surface area (Å²) in [4.78, 5) is 2.32. The number of rotatable bonds is 11. The van der Waals surface area contributed by atoms with Crippen LogP contribution in [0, 0.1) is 5.92 Å². The van der Waals surface area contributed by atoms with Gasteiger partial charge in [0.15, 0.2) is 0 Å². The van der Waals surface area contributed by atoms with E-state index in [9.17, 15) is 5.11 Å². The number of hydrogen-bond donors (Lipinski definition) is 2. The van der Waals surface area contributed by atoms with Crippen molar-refractivity contribution in [1.29, 1.82) is 0 Å². The van der Waals surface area contributed by atoms with E-state index >= 15 is 0 Å². The minimum atomic E-state index is -0.385. The predicted molar refractivity (Wildman–Crippen MR) is 84.0 cm³/mol. The van der Waals surface area contributed by atoms with Crippen LogP contribution in [0.1, 0.15) is 46.0 Å². The molecule has 0 aromatic heterocycles. The first-order valence-corrected chi connectivity index (χ1v) is 8.33. The van der Waals surface area contributed by atoms with Gasteiger partial charge < -0.3 is 20.1 Å². The van der Waals surface area contributed by atoms with Crippen molar-refractivity contribution in [2.45, 2.75) is 58.1 Å². The number of likely N-dealkylation sites (tertiary alicyclic amines) is 1. The Morgan fingerprint density at radius 3 is 2.75 bits per heavy atom. The summed E-state index contributed by atoms with van der Waals surface area (Å²) in [5.74, 6) is 0.651. The molecule has 4 nitrogen and oxygen atoms in total. The molecule has 0 radical (unpaired) electrons. The molecule has 1 saturated heterocycles. The number of unbranched alkanes of at least 4 members (excludes halogenated alkanes) is 1. The second kappa shape index (κ2) is 10.6. The summed E-state index contributed by atoms with van der Waals surface area (Å²) in [5, 5.41) is 13.4. The van der Waals surface area contributed by atoms with Crippen LogP contribution in [0.25, 0.3) is 0 Å². The quantitative estimate of drug-likeness (QED) is 0.609. The highest BCUT2D eigenvalue weighted by Crippen LogP contribution is 2.13. The van der Waals surface area contributed by atoms with Crippen LogP contribution in [0.2, 0.25) is 0 Å². The van der Waals surface area contributed by atoms with E-state index in [1.165, 1.54) is 32.1 Å². The number of ether oxygens (including phenoxy) is 1. The molecule has 0 aliphatic carbocycles. The third-order valence-electron chi connectivity index (χ3n) is 4.24. The third kappa shape index (κ3) is 7.58. The van der Waals surface area contributed by atoms with E-state index in [2.05, 4.69) is 31.1 Å². The number of aliphatic hydroxyl groups excluding tert-OH is 1. The Morgan fingerprint density at radius 2 is 2.15 bits per heavy atom. The van der Waals surface area contributed by atoms with Gasteiger partial charge in [0.1, 0.15) is 0 Å². The Hall–Kier alpha value is -0.160. The SMILES string of the molecule is CCCCC(CC)COCC(O)CNC1CCN(C)C1. The lowest BCUT2D eigenvalue weighted by Crippen LogP contribution is -2.38. The summed E-state index contributed by atoms with van der Waals surface area (Å²) in [6, 6.07) is 0.530. The van der Waals surface area contributed by atoms with Gasteiger partial charge in [0.25, 0.3) is 0 Å². The van der Waals surface area contributed by atoms with Gasteiger partial charge in [-0.25, -0.2) is 0 Å². The second-order valence-electron chi connectivity index (χ2n) is 6.26. The van der Waals surface area contributed by atoms with Crippen molar-refractivity contribution in [2.75, 3.05) is 39.9 Å². The number of nitrogens with one attached hydrogen (secondary N) is 1. The van der Waals surface area contributed by atoms with E-state index in [1.807, 2.05) is 0 Å². The van der Waals surface area contributed by atoms with Crippen LogP contribution in [0.15, 0.2) is 0 Å². The number of nitrogens with zero attached hydrogens (tertiary/aromatic N) is 1. The van der Waals surface area contributed by atoms with Gasteiger partial charge in [-0.1, -0.05) is 33.1 Å². The summed E-state index contributed by atoms with van der Waals surface area (Å²) >= 11 is 0. The zero-order valence-corrected chi connectivity index (χ0v) is 13.6. The Balaban J connectivity index is 2.02. The molecule has 120 valence electrons. The fourth-order valence-electron chi connectivity index (χ4n) is 2.73. The summed E-state index contributed by atoms with van der Waals surface area (Å²) in [5.41, 5.74) is 0. The average molecular weight is 286 g/mol. The lowest BCUT2D eigenvalue weighted by molar-refractivity contribution is 0.0184. The van der Waals surface area contributed by atoms with Crippen LogP contribution < -0.4 is 5.32 Å². The van der Waals surface area contributed by atoms with E-state index in [4.69, 9.17) is 4.74 Å². The Morgan fingerprint density at radius 1 is 1.35 bits per heavy atom. The molecule has 0 aromatic carbocycles. The molecule has 0 aromatic rings. The summed E-state index contributed by atoms with van der Waals surface area (Å²) in [6.45, 7) is 8.58. The van der Waals surface area contributed by atoms with Gasteiger partial charge in [-0.3, -0.25) is 0 Å². The molecule has 3 unspecified atom stereocenters. The van der Waals surface area contributed by atoms with Crippen molar-refractivity contribution < 1.29 is 9.84 Å². The van der Waals surface area contributed by atoms with E-state index in [0.717, 1.165) is 19.7 Å². The van der Waals surface area contributed by atoms with Crippen LogP contribution in [-0.2, 0) is 4.74 Å². The van der Waals surface area contributed by atoms with Gasteiger partial charge in [-0.2, -0.15) is 0 Å². The lowest BCUT2D eigenvalue weighted by atomic mass is 10.0. The van der Waals surface area contributed by atoms with Crippen LogP contribution >= 0.6 is 0 Å². The Labute approximate surface area is 124 Å². The molecule has 1 aliphatic heterocycles. The summed E-state index contributed by atoms with van der Waals surface area (Å²) in [6.07, 6.45) is 5.74. The molecule has 1 heterocycles. The maximum Gasteiger partial charge on any atom is 0.0897 e. The first kappa shape index (κ1) is 17.9. The monoisotopic (exact) mass is 286 g/mol. The van der Waals surface area contributed by atoms with Crippen LogP contribution in [0.5, 0.6) is 0 Å². The van der Waals surface area contributed by atoms with E-state index in [-0.39, 0.29) is 6.10 Å². The van der Waals surface area contributed by atoms with Crippen molar-refractivity contribution in [3.05, 3.63) is 0 Å². The van der Waals surface area contributed by atoms with Crippen molar-refractivity contribution in [3.63, 3.8) is 0 Å². The predicted octanol–water partition coefficient (Wildman–Crippen LogP) is 1.87. The number of hydrogen-bond acceptors (Lipinski definition) is 4. The first-order valence-electron chi connectivity index (χ1n) is 8.33. The highest BCUT2D eigenvalue weighted by atomic mass is 16.5. The van der Waals surface area contributed by atoms with E-state index in [1.54, 1.807) is 0 Å². The average Bonchev–Trinajstić information content (AvgIpc) is 2.86. The Kier molecular flexibility index (Phi) is 9.44. The zero-order valence-electron chi connectivity index (χ0n) is 13.6. The van der Waals surface area contributed by atoms with Crippen LogP contribution in [-0.4, -0.2) is 62.0 Å². The zero-order chi connectivity index (χ0) is 14.8. The van der Waals surface area contributed by atoms with Crippen molar-refractivity contribution >= 4 is 0 Å². The molecule has 4 heteroatoms. The van der Waals surface area contributed by atoms with Crippen molar-refractivity contribution in [2.24, 2.45) is 5.92 Å². The standard InChI is InChI=1S/C16H34N2O2/c1-4-6-7-14(5-2)12-20-13-16(19)10-17-15-8-9-18(3)11-15/h14-17,19H,4-13H2,1-3H3. The molecule has 1 aliphatic rings. The number of likely N-dealkylation sites (N-methyl/N-ethyl adjacent to an activating group) is 1. The smallest absolute Gasteiger partial charge is 0.0897 e. The molecular formula is C16H34N2O2. The molecule has 20 heavy (non-hydrogen) atoms. The first-order chi connectivity index (χ1) is 9.65. The van der Waals surface area contributed by atoms with Crippen LogP contribution in [0.3, 0.4) is 0 Å². The topological polar surface area (TPSA) is 44.7 Å². The molecule has 0 saturated carbocycles. The highest BCUT2D eigenvalue weighted by molar-refractivity contribution is 4.79. The fourth-order valence-corrected chi connectivity index (χ4v) is 2.73. The maximum absolute atomic E-state index is 9.94. The van der Waals surface area contributed by atoms with Crippen molar-refractivity contribution in [1.82, 2.24) is 10.2 Å². The van der Waals surface area contributed by atoms with Gasteiger partial charge in [-0.05, 0) is 32.4 Å². The molecule has 1 rings (SSSR count). The van der Waals surface area contributed by atoms with Gasteiger partial charge in [0, 0.05) is 25.7 Å². The largest absolute Gasteiger partial charge is 0.389 e. The molecule has 2 N–H and O–H groups in total. The third-order valence-corrected chi connectivity index (χ3v) is 4.24. The second-order valence-corrected chi connectivity index (χ2v) is 6.26. The molecule has 1 fully saturated rings.